The molecule has 1 aliphatic heterocycles. The monoisotopic (exact) mass is 263 g/mol. The standard InChI is InChI=1S/C16H25NS/c1-12-7-13(2)9-15(8-12)11-16(17)10-14-3-5-18-6-4-14/h7-9,14,16H,3-6,10-11,17H2,1-2H3. The van der Waals surface area contributed by atoms with Crippen LogP contribution in [0.15, 0.2) is 18.2 Å². The van der Waals surface area contributed by atoms with E-state index < -0.39 is 0 Å². The van der Waals surface area contributed by atoms with Crippen LogP contribution >= 0.6 is 11.8 Å². The van der Waals surface area contributed by atoms with Gasteiger partial charge in [0.15, 0.2) is 0 Å². The van der Waals surface area contributed by atoms with Crippen LogP contribution in [0.4, 0.5) is 0 Å². The van der Waals surface area contributed by atoms with Crippen molar-refractivity contribution in [3.05, 3.63) is 34.9 Å². The van der Waals surface area contributed by atoms with E-state index in [1.54, 1.807) is 0 Å². The topological polar surface area (TPSA) is 26.0 Å². The lowest BCUT2D eigenvalue weighted by atomic mass is 9.91. The quantitative estimate of drug-likeness (QED) is 0.896. The highest BCUT2D eigenvalue weighted by Crippen LogP contribution is 2.26. The van der Waals surface area contributed by atoms with Crippen LogP contribution < -0.4 is 5.73 Å². The van der Waals surface area contributed by atoms with Gasteiger partial charge in [-0.05, 0) is 62.5 Å². The van der Waals surface area contributed by atoms with Gasteiger partial charge in [-0.3, -0.25) is 0 Å². The molecule has 1 fully saturated rings. The minimum Gasteiger partial charge on any atom is -0.327 e. The zero-order valence-electron chi connectivity index (χ0n) is 11.6. The molecule has 2 heteroatoms. The van der Waals surface area contributed by atoms with Gasteiger partial charge in [0.1, 0.15) is 0 Å². The Bertz CT molecular complexity index is 362. The van der Waals surface area contributed by atoms with E-state index in [1.165, 1.54) is 47.5 Å². The van der Waals surface area contributed by atoms with Gasteiger partial charge >= 0.3 is 0 Å². The molecular formula is C16H25NS. The first-order valence-electron chi connectivity index (χ1n) is 7.04. The minimum atomic E-state index is 0.333. The van der Waals surface area contributed by atoms with E-state index in [4.69, 9.17) is 5.73 Å². The molecule has 0 bridgehead atoms. The molecule has 1 aromatic carbocycles. The predicted molar refractivity (Wildman–Crippen MR) is 82.3 cm³/mol. The maximum atomic E-state index is 6.33. The molecule has 0 aliphatic carbocycles. The fourth-order valence-corrected chi connectivity index (χ4v) is 4.19. The number of hydrogen-bond acceptors (Lipinski definition) is 2. The highest BCUT2D eigenvalue weighted by molar-refractivity contribution is 7.99. The van der Waals surface area contributed by atoms with Crippen LogP contribution in [0.5, 0.6) is 0 Å². The van der Waals surface area contributed by atoms with Gasteiger partial charge in [0.2, 0.25) is 0 Å². The van der Waals surface area contributed by atoms with Gasteiger partial charge in [0, 0.05) is 6.04 Å². The smallest absolute Gasteiger partial charge is 0.00819 e. The van der Waals surface area contributed by atoms with Crippen molar-refractivity contribution < 1.29 is 0 Å². The predicted octanol–water partition coefficient (Wildman–Crippen LogP) is 3.71. The molecule has 1 unspecified atom stereocenters. The summed E-state index contributed by atoms with van der Waals surface area (Å²) < 4.78 is 0. The molecule has 1 aliphatic rings. The fraction of sp³-hybridized carbons (Fsp3) is 0.625. The molecule has 0 spiro atoms. The average Bonchev–Trinajstić information content (AvgIpc) is 2.28. The molecular weight excluding hydrogens is 238 g/mol. The number of thioether (sulfide) groups is 1. The molecule has 100 valence electrons. The third-order valence-electron chi connectivity index (χ3n) is 3.76. The van der Waals surface area contributed by atoms with E-state index in [9.17, 15) is 0 Å². The minimum absolute atomic E-state index is 0.333. The maximum Gasteiger partial charge on any atom is 0.00819 e. The number of benzene rings is 1. The Morgan fingerprint density at radius 1 is 1.17 bits per heavy atom. The summed E-state index contributed by atoms with van der Waals surface area (Å²) in [5.74, 6) is 3.54. The van der Waals surface area contributed by atoms with Crippen molar-refractivity contribution in [1.82, 2.24) is 0 Å². The van der Waals surface area contributed by atoms with Gasteiger partial charge in [-0.2, -0.15) is 11.8 Å². The SMILES string of the molecule is Cc1cc(C)cc(CC(N)CC2CCSCC2)c1. The Balaban J connectivity index is 1.87. The molecule has 0 saturated carbocycles. The van der Waals surface area contributed by atoms with Crippen molar-refractivity contribution in [1.29, 1.82) is 0 Å². The first-order valence-corrected chi connectivity index (χ1v) is 8.19. The molecule has 1 nitrogen and oxygen atoms in total. The highest BCUT2D eigenvalue weighted by Gasteiger charge is 2.17. The number of rotatable bonds is 4. The van der Waals surface area contributed by atoms with Crippen molar-refractivity contribution in [3.63, 3.8) is 0 Å². The van der Waals surface area contributed by atoms with Gasteiger partial charge < -0.3 is 5.73 Å². The molecule has 1 saturated heterocycles. The van der Waals surface area contributed by atoms with Gasteiger partial charge in [-0.15, -0.1) is 0 Å². The highest BCUT2D eigenvalue weighted by atomic mass is 32.2. The summed E-state index contributed by atoms with van der Waals surface area (Å²) in [6.45, 7) is 4.33. The van der Waals surface area contributed by atoms with Gasteiger partial charge in [-0.25, -0.2) is 0 Å². The third-order valence-corrected chi connectivity index (χ3v) is 4.81. The third kappa shape index (κ3) is 4.33. The molecule has 0 aromatic heterocycles. The lowest BCUT2D eigenvalue weighted by Gasteiger charge is -2.24. The van der Waals surface area contributed by atoms with E-state index in [0.717, 1.165) is 12.3 Å². The van der Waals surface area contributed by atoms with E-state index in [2.05, 4.69) is 43.8 Å². The maximum absolute atomic E-state index is 6.33. The van der Waals surface area contributed by atoms with Crippen LogP contribution in [0.2, 0.25) is 0 Å². The van der Waals surface area contributed by atoms with Crippen molar-refractivity contribution in [3.8, 4) is 0 Å². The normalized spacial score (nSPS) is 18.8. The van der Waals surface area contributed by atoms with Gasteiger partial charge in [0.05, 0.1) is 0 Å². The summed E-state index contributed by atoms with van der Waals surface area (Å²) in [6, 6.07) is 7.12. The van der Waals surface area contributed by atoms with E-state index in [-0.39, 0.29) is 0 Å². The van der Waals surface area contributed by atoms with Gasteiger partial charge in [-0.1, -0.05) is 29.3 Å². The van der Waals surface area contributed by atoms with Crippen molar-refractivity contribution in [2.24, 2.45) is 11.7 Å². The molecule has 18 heavy (non-hydrogen) atoms. The first-order chi connectivity index (χ1) is 8.63. The second kappa shape index (κ2) is 6.63. The second-order valence-corrected chi connectivity index (χ2v) is 6.98. The van der Waals surface area contributed by atoms with Crippen LogP contribution in [0.1, 0.15) is 36.0 Å². The fourth-order valence-electron chi connectivity index (χ4n) is 2.98. The Hall–Kier alpha value is -0.470. The Morgan fingerprint density at radius 3 is 2.39 bits per heavy atom. The lowest BCUT2D eigenvalue weighted by molar-refractivity contribution is 0.406. The largest absolute Gasteiger partial charge is 0.327 e. The van der Waals surface area contributed by atoms with Gasteiger partial charge in [0.25, 0.3) is 0 Å². The van der Waals surface area contributed by atoms with E-state index in [1.807, 2.05) is 0 Å². The molecule has 1 atom stereocenters. The van der Waals surface area contributed by atoms with Crippen molar-refractivity contribution in [2.75, 3.05) is 11.5 Å². The van der Waals surface area contributed by atoms with E-state index >= 15 is 0 Å². The van der Waals surface area contributed by atoms with Crippen LogP contribution in [-0.4, -0.2) is 17.5 Å². The van der Waals surface area contributed by atoms with Crippen molar-refractivity contribution >= 4 is 11.8 Å². The molecule has 1 heterocycles. The summed E-state index contributed by atoms with van der Waals surface area (Å²) >= 11 is 2.09. The van der Waals surface area contributed by atoms with E-state index in [0.29, 0.717) is 6.04 Å². The zero-order chi connectivity index (χ0) is 13.0. The molecule has 0 amide bonds. The van der Waals surface area contributed by atoms with Crippen LogP contribution in [0, 0.1) is 19.8 Å². The molecule has 1 aromatic rings. The summed E-state index contributed by atoms with van der Waals surface area (Å²) in [6.07, 6.45) is 4.97. The second-order valence-electron chi connectivity index (χ2n) is 5.75. The summed E-state index contributed by atoms with van der Waals surface area (Å²) in [4.78, 5) is 0. The van der Waals surface area contributed by atoms with Crippen LogP contribution in [0.25, 0.3) is 0 Å². The molecule has 2 N–H and O–H groups in total. The summed E-state index contributed by atoms with van der Waals surface area (Å²) in [5, 5.41) is 0. The molecule has 0 radical (unpaired) electrons. The Kier molecular flexibility index (Phi) is 5.13. The van der Waals surface area contributed by atoms with Crippen molar-refractivity contribution in [2.45, 2.75) is 45.6 Å². The number of nitrogens with two attached hydrogens (primary N) is 1. The number of aryl methyl sites for hydroxylation is 2. The number of hydrogen-bond donors (Lipinski definition) is 1. The summed E-state index contributed by atoms with van der Waals surface area (Å²) in [5.41, 5.74) is 10.4. The average molecular weight is 263 g/mol. The molecule has 2 rings (SSSR count). The van der Waals surface area contributed by atoms with Crippen LogP contribution in [0.3, 0.4) is 0 Å². The zero-order valence-corrected chi connectivity index (χ0v) is 12.4. The lowest BCUT2D eigenvalue weighted by Crippen LogP contribution is -2.27. The first kappa shape index (κ1) is 14.0. The van der Waals surface area contributed by atoms with Crippen LogP contribution in [-0.2, 0) is 6.42 Å². The summed E-state index contributed by atoms with van der Waals surface area (Å²) in [7, 11) is 0. The Labute approximate surface area is 116 Å². The Morgan fingerprint density at radius 2 is 1.78 bits per heavy atom.